The van der Waals surface area contributed by atoms with E-state index in [1.54, 1.807) is 26.1 Å². The molecule has 1 rings (SSSR count). The Morgan fingerprint density at radius 1 is 1.44 bits per heavy atom. The van der Waals surface area contributed by atoms with Crippen molar-refractivity contribution in [1.82, 2.24) is 5.32 Å². The van der Waals surface area contributed by atoms with Crippen LogP contribution >= 0.6 is 0 Å². The second-order valence-corrected chi connectivity index (χ2v) is 4.57. The van der Waals surface area contributed by atoms with Gasteiger partial charge in [-0.2, -0.15) is 0 Å². The van der Waals surface area contributed by atoms with E-state index < -0.39 is 0 Å². The van der Waals surface area contributed by atoms with E-state index in [0.717, 1.165) is 5.69 Å². The second kappa shape index (κ2) is 6.40. The molecule has 0 aromatic heterocycles. The van der Waals surface area contributed by atoms with Gasteiger partial charge in [0.25, 0.3) is 0 Å². The Kier molecular flexibility index (Phi) is 5.16. The number of nitrogens with one attached hydrogen (secondary N) is 1. The summed E-state index contributed by atoms with van der Waals surface area (Å²) < 4.78 is 5.32. The van der Waals surface area contributed by atoms with Crippen LogP contribution in [0.15, 0.2) is 18.2 Å². The van der Waals surface area contributed by atoms with E-state index in [2.05, 4.69) is 19.2 Å². The van der Waals surface area contributed by atoms with Crippen LogP contribution in [0.4, 0.5) is 5.69 Å². The number of hydrogen-bond donors (Lipinski definition) is 1. The van der Waals surface area contributed by atoms with Crippen LogP contribution in [0.5, 0.6) is 5.75 Å². The van der Waals surface area contributed by atoms with Crippen molar-refractivity contribution in [2.75, 3.05) is 32.6 Å². The number of methoxy groups -OCH3 is 1. The van der Waals surface area contributed by atoms with Crippen LogP contribution in [0.1, 0.15) is 25.3 Å². The molecule has 0 heterocycles. The molecule has 0 atom stereocenters. The largest absolute Gasteiger partial charge is 0.495 e. The number of carbonyl (C=O) groups is 1. The van der Waals surface area contributed by atoms with E-state index in [9.17, 15) is 4.79 Å². The van der Waals surface area contributed by atoms with E-state index in [0.29, 0.717) is 18.2 Å². The normalized spacial score (nSPS) is 10.6. The Labute approximate surface area is 109 Å². The minimum Gasteiger partial charge on any atom is -0.495 e. The van der Waals surface area contributed by atoms with Crippen molar-refractivity contribution in [1.29, 1.82) is 0 Å². The topological polar surface area (TPSA) is 41.6 Å². The van der Waals surface area contributed by atoms with E-state index in [1.165, 1.54) is 5.56 Å². The molecule has 4 heteroatoms. The fourth-order valence-corrected chi connectivity index (χ4v) is 1.73. The lowest BCUT2D eigenvalue weighted by Crippen LogP contribution is -2.34. The van der Waals surface area contributed by atoms with E-state index in [4.69, 9.17) is 4.74 Å². The van der Waals surface area contributed by atoms with Crippen molar-refractivity contribution < 1.29 is 9.53 Å². The average Bonchev–Trinajstić information content (AvgIpc) is 2.37. The van der Waals surface area contributed by atoms with Gasteiger partial charge in [-0.3, -0.25) is 4.79 Å². The van der Waals surface area contributed by atoms with Crippen LogP contribution in [0, 0.1) is 0 Å². The zero-order chi connectivity index (χ0) is 13.7. The smallest absolute Gasteiger partial charge is 0.240 e. The number of carbonyl (C=O) groups excluding carboxylic acids is 1. The molecule has 0 aliphatic carbocycles. The van der Waals surface area contributed by atoms with Crippen molar-refractivity contribution in [3.05, 3.63) is 23.8 Å². The van der Waals surface area contributed by atoms with Crippen LogP contribution in [-0.2, 0) is 4.79 Å². The minimum absolute atomic E-state index is 0.0108. The van der Waals surface area contributed by atoms with Gasteiger partial charge in [-0.15, -0.1) is 0 Å². The minimum atomic E-state index is 0.0108. The lowest BCUT2D eigenvalue weighted by atomic mass is 10.0. The third kappa shape index (κ3) is 3.23. The summed E-state index contributed by atoms with van der Waals surface area (Å²) in [7, 11) is 5.14. The van der Waals surface area contributed by atoms with Crippen molar-refractivity contribution in [3.8, 4) is 5.75 Å². The van der Waals surface area contributed by atoms with Gasteiger partial charge in [-0.25, -0.2) is 0 Å². The Morgan fingerprint density at radius 2 is 2.11 bits per heavy atom. The van der Waals surface area contributed by atoms with Gasteiger partial charge in [0.1, 0.15) is 5.75 Å². The standard InChI is InChI=1S/C14H22N2O2/c1-10(2)11-6-7-13(18-5)12(8-11)16(4)14(17)9-15-3/h6-8,10,15H,9H2,1-5H3. The quantitative estimate of drug-likeness (QED) is 0.869. The molecule has 0 aliphatic rings. The molecule has 0 unspecified atom stereocenters. The molecular weight excluding hydrogens is 228 g/mol. The summed E-state index contributed by atoms with van der Waals surface area (Å²) in [6.07, 6.45) is 0. The first-order valence-corrected chi connectivity index (χ1v) is 6.10. The number of ether oxygens (including phenoxy) is 1. The Hall–Kier alpha value is -1.55. The maximum Gasteiger partial charge on any atom is 0.240 e. The lowest BCUT2D eigenvalue weighted by Gasteiger charge is -2.21. The average molecular weight is 250 g/mol. The number of anilines is 1. The number of nitrogens with zero attached hydrogens (tertiary/aromatic N) is 1. The number of amides is 1. The Bertz CT molecular complexity index is 416. The Morgan fingerprint density at radius 3 is 2.61 bits per heavy atom. The van der Waals surface area contributed by atoms with Crippen molar-refractivity contribution >= 4 is 11.6 Å². The maximum atomic E-state index is 11.9. The van der Waals surface area contributed by atoms with Crippen LogP contribution in [0.3, 0.4) is 0 Å². The van der Waals surface area contributed by atoms with Gasteiger partial charge in [0.2, 0.25) is 5.91 Å². The highest BCUT2D eigenvalue weighted by atomic mass is 16.5. The molecule has 1 N–H and O–H groups in total. The second-order valence-electron chi connectivity index (χ2n) is 4.57. The first-order valence-electron chi connectivity index (χ1n) is 6.10. The number of hydrogen-bond acceptors (Lipinski definition) is 3. The SMILES string of the molecule is CNCC(=O)N(C)c1cc(C(C)C)ccc1OC. The van der Waals surface area contributed by atoms with Crippen LogP contribution in [-0.4, -0.2) is 33.7 Å². The lowest BCUT2D eigenvalue weighted by molar-refractivity contribution is -0.117. The fourth-order valence-electron chi connectivity index (χ4n) is 1.73. The summed E-state index contributed by atoms with van der Waals surface area (Å²) in [5.41, 5.74) is 2.00. The summed E-state index contributed by atoms with van der Waals surface area (Å²) in [5, 5.41) is 2.86. The zero-order valence-corrected chi connectivity index (χ0v) is 11.8. The maximum absolute atomic E-state index is 11.9. The highest BCUT2D eigenvalue weighted by Crippen LogP contribution is 2.31. The van der Waals surface area contributed by atoms with Crippen LogP contribution in [0.2, 0.25) is 0 Å². The summed E-state index contributed by atoms with van der Waals surface area (Å²) in [4.78, 5) is 13.5. The van der Waals surface area contributed by atoms with Gasteiger partial charge in [0, 0.05) is 7.05 Å². The number of benzene rings is 1. The number of rotatable bonds is 5. The van der Waals surface area contributed by atoms with Gasteiger partial charge in [0.15, 0.2) is 0 Å². The molecule has 0 spiro atoms. The van der Waals surface area contributed by atoms with Crippen molar-refractivity contribution in [2.45, 2.75) is 19.8 Å². The van der Waals surface area contributed by atoms with E-state index in [-0.39, 0.29) is 5.91 Å². The molecule has 0 bridgehead atoms. The zero-order valence-electron chi connectivity index (χ0n) is 11.8. The summed E-state index contributed by atoms with van der Waals surface area (Å²) in [5.74, 6) is 1.14. The summed E-state index contributed by atoms with van der Waals surface area (Å²) in [6, 6.07) is 5.95. The van der Waals surface area contributed by atoms with Crippen LogP contribution in [0.25, 0.3) is 0 Å². The molecule has 100 valence electrons. The molecule has 0 fully saturated rings. The van der Waals surface area contributed by atoms with Gasteiger partial charge in [-0.1, -0.05) is 19.9 Å². The van der Waals surface area contributed by atoms with Gasteiger partial charge in [0.05, 0.1) is 19.3 Å². The summed E-state index contributed by atoms with van der Waals surface area (Å²) >= 11 is 0. The van der Waals surface area contributed by atoms with E-state index >= 15 is 0 Å². The molecule has 1 amide bonds. The Balaban J connectivity index is 3.11. The van der Waals surface area contributed by atoms with Crippen molar-refractivity contribution in [2.24, 2.45) is 0 Å². The summed E-state index contributed by atoms with van der Waals surface area (Å²) in [6.45, 7) is 4.56. The fraction of sp³-hybridized carbons (Fsp3) is 0.500. The third-order valence-corrected chi connectivity index (χ3v) is 2.93. The molecule has 18 heavy (non-hydrogen) atoms. The number of likely N-dealkylation sites (N-methyl/N-ethyl adjacent to an activating group) is 2. The molecule has 1 aromatic rings. The monoisotopic (exact) mass is 250 g/mol. The molecule has 0 saturated heterocycles. The van der Waals surface area contributed by atoms with Gasteiger partial charge < -0.3 is 15.0 Å². The molecule has 1 aromatic carbocycles. The van der Waals surface area contributed by atoms with E-state index in [1.807, 2.05) is 18.2 Å². The first kappa shape index (κ1) is 14.5. The van der Waals surface area contributed by atoms with Gasteiger partial charge in [-0.05, 0) is 30.7 Å². The van der Waals surface area contributed by atoms with Crippen molar-refractivity contribution in [3.63, 3.8) is 0 Å². The first-order chi connectivity index (χ1) is 8.51. The van der Waals surface area contributed by atoms with Gasteiger partial charge >= 0.3 is 0 Å². The predicted molar refractivity (Wildman–Crippen MR) is 74.4 cm³/mol. The molecular formula is C14H22N2O2. The molecule has 0 radical (unpaired) electrons. The van der Waals surface area contributed by atoms with Crippen LogP contribution < -0.4 is 15.0 Å². The molecule has 0 aliphatic heterocycles. The molecule has 4 nitrogen and oxygen atoms in total. The highest BCUT2D eigenvalue weighted by molar-refractivity contribution is 5.95. The third-order valence-electron chi connectivity index (χ3n) is 2.93. The molecule has 0 saturated carbocycles. The predicted octanol–water partition coefficient (Wildman–Crippen LogP) is 2.00. The highest BCUT2D eigenvalue weighted by Gasteiger charge is 2.15.